The van der Waals surface area contributed by atoms with Gasteiger partial charge in [-0.25, -0.2) is 4.79 Å². The largest absolute Gasteiger partial charge is 0.508 e. The summed E-state index contributed by atoms with van der Waals surface area (Å²) < 4.78 is 9.71. The maximum absolute atomic E-state index is 11.8. The van der Waals surface area contributed by atoms with Crippen LogP contribution in [0.25, 0.3) is 0 Å². The van der Waals surface area contributed by atoms with Gasteiger partial charge in [0.15, 0.2) is 0 Å². The molecule has 0 spiro atoms. The van der Waals surface area contributed by atoms with Gasteiger partial charge in [-0.05, 0) is 37.6 Å². The second-order valence-corrected chi connectivity index (χ2v) is 3.97. The molecular weight excluding hydrogens is 262 g/mol. The third-order valence-electron chi connectivity index (χ3n) is 2.47. The number of benzene rings is 1. The predicted octanol–water partition coefficient (Wildman–Crippen LogP) is 1.22. The Morgan fingerprint density at radius 1 is 1.20 bits per heavy atom. The van der Waals surface area contributed by atoms with E-state index in [4.69, 9.17) is 9.47 Å². The standard InChI is InChI=1S/C14H19NO5/c1-3-19-13(17)9-15-8-10-7-11(16)5-6-12(10)14(18)20-4-2/h5-7,15-16H,3-4,8-9H2,1-2H3. The van der Waals surface area contributed by atoms with Gasteiger partial charge < -0.3 is 19.9 Å². The van der Waals surface area contributed by atoms with Crippen LogP contribution in [-0.2, 0) is 20.8 Å². The molecule has 0 unspecified atom stereocenters. The van der Waals surface area contributed by atoms with Crippen molar-refractivity contribution in [1.29, 1.82) is 0 Å². The predicted molar refractivity (Wildman–Crippen MR) is 72.4 cm³/mol. The topological polar surface area (TPSA) is 84.9 Å². The van der Waals surface area contributed by atoms with Crippen molar-refractivity contribution in [2.75, 3.05) is 19.8 Å². The zero-order valence-corrected chi connectivity index (χ0v) is 11.6. The number of nitrogens with one attached hydrogen (secondary N) is 1. The summed E-state index contributed by atoms with van der Waals surface area (Å²) >= 11 is 0. The van der Waals surface area contributed by atoms with Crippen LogP contribution < -0.4 is 5.32 Å². The smallest absolute Gasteiger partial charge is 0.338 e. The first kappa shape index (κ1) is 16.0. The lowest BCUT2D eigenvalue weighted by molar-refractivity contribution is -0.142. The van der Waals surface area contributed by atoms with E-state index < -0.39 is 5.97 Å². The highest BCUT2D eigenvalue weighted by atomic mass is 16.5. The second-order valence-electron chi connectivity index (χ2n) is 3.97. The minimum absolute atomic E-state index is 0.0335. The molecule has 2 N–H and O–H groups in total. The normalized spacial score (nSPS) is 10.1. The number of ether oxygens (including phenoxy) is 2. The Bertz CT molecular complexity index is 473. The molecule has 6 heteroatoms. The maximum atomic E-state index is 11.8. The fourth-order valence-corrected chi connectivity index (χ4v) is 1.65. The molecule has 1 aromatic carbocycles. The van der Waals surface area contributed by atoms with E-state index in [1.54, 1.807) is 13.8 Å². The number of carbonyl (C=O) groups excluding carboxylic acids is 2. The van der Waals surface area contributed by atoms with Gasteiger partial charge in [0.25, 0.3) is 0 Å². The van der Waals surface area contributed by atoms with Crippen molar-refractivity contribution in [3.8, 4) is 5.75 Å². The fourth-order valence-electron chi connectivity index (χ4n) is 1.65. The van der Waals surface area contributed by atoms with Crippen molar-refractivity contribution < 1.29 is 24.2 Å². The Kier molecular flexibility index (Phi) is 6.52. The Morgan fingerprint density at radius 3 is 2.55 bits per heavy atom. The van der Waals surface area contributed by atoms with Gasteiger partial charge in [0.2, 0.25) is 0 Å². The van der Waals surface area contributed by atoms with Crippen LogP contribution in [0.4, 0.5) is 0 Å². The molecule has 0 aliphatic rings. The first-order valence-corrected chi connectivity index (χ1v) is 6.43. The molecule has 1 aromatic rings. The van der Waals surface area contributed by atoms with Gasteiger partial charge in [-0.1, -0.05) is 0 Å². The average Bonchev–Trinajstić information content (AvgIpc) is 2.39. The average molecular weight is 281 g/mol. The Balaban J connectivity index is 2.70. The highest BCUT2D eigenvalue weighted by Crippen LogP contribution is 2.17. The van der Waals surface area contributed by atoms with E-state index in [0.717, 1.165) is 0 Å². The molecule has 0 atom stereocenters. The molecule has 20 heavy (non-hydrogen) atoms. The summed E-state index contributed by atoms with van der Waals surface area (Å²) in [5.74, 6) is -0.781. The highest BCUT2D eigenvalue weighted by Gasteiger charge is 2.13. The van der Waals surface area contributed by atoms with Crippen molar-refractivity contribution >= 4 is 11.9 Å². The molecule has 0 radical (unpaired) electrons. The van der Waals surface area contributed by atoms with Gasteiger partial charge in [0.1, 0.15) is 5.75 Å². The lowest BCUT2D eigenvalue weighted by Crippen LogP contribution is -2.25. The third-order valence-corrected chi connectivity index (χ3v) is 2.47. The molecule has 110 valence electrons. The second kappa shape index (κ2) is 8.16. The number of carbonyl (C=O) groups is 2. The summed E-state index contributed by atoms with van der Waals surface area (Å²) in [5, 5.41) is 12.3. The molecule has 0 heterocycles. The number of hydrogen-bond acceptors (Lipinski definition) is 6. The number of aromatic hydroxyl groups is 1. The van der Waals surface area contributed by atoms with E-state index in [2.05, 4.69) is 5.32 Å². The summed E-state index contributed by atoms with van der Waals surface area (Å²) in [6.45, 7) is 4.33. The summed E-state index contributed by atoms with van der Waals surface area (Å²) in [6.07, 6.45) is 0. The zero-order valence-electron chi connectivity index (χ0n) is 11.6. The first-order valence-electron chi connectivity index (χ1n) is 6.43. The van der Waals surface area contributed by atoms with Crippen molar-refractivity contribution in [3.63, 3.8) is 0 Å². The number of hydrogen-bond donors (Lipinski definition) is 2. The van der Waals surface area contributed by atoms with Gasteiger partial charge in [0.05, 0.1) is 25.3 Å². The number of phenolic OH excluding ortho intramolecular Hbond substituents is 1. The van der Waals surface area contributed by atoms with Crippen LogP contribution in [0, 0.1) is 0 Å². The molecule has 1 rings (SSSR count). The minimum Gasteiger partial charge on any atom is -0.508 e. The van der Waals surface area contributed by atoms with E-state index in [1.807, 2.05) is 0 Å². The monoisotopic (exact) mass is 281 g/mol. The molecule has 0 aromatic heterocycles. The van der Waals surface area contributed by atoms with Gasteiger partial charge >= 0.3 is 11.9 Å². The fraction of sp³-hybridized carbons (Fsp3) is 0.429. The van der Waals surface area contributed by atoms with E-state index in [1.165, 1.54) is 18.2 Å². The van der Waals surface area contributed by atoms with Gasteiger partial charge in [0, 0.05) is 6.54 Å². The van der Waals surface area contributed by atoms with Gasteiger partial charge in [-0.2, -0.15) is 0 Å². The minimum atomic E-state index is -0.458. The van der Waals surface area contributed by atoms with E-state index in [9.17, 15) is 14.7 Å². The molecule has 0 saturated carbocycles. The Hall–Kier alpha value is -2.08. The van der Waals surface area contributed by atoms with Crippen molar-refractivity contribution in [3.05, 3.63) is 29.3 Å². The molecule has 0 fully saturated rings. The van der Waals surface area contributed by atoms with Gasteiger partial charge in [-0.3, -0.25) is 4.79 Å². The van der Waals surface area contributed by atoms with E-state index in [-0.39, 0.29) is 31.4 Å². The molecule has 0 bridgehead atoms. The number of phenols is 1. The van der Waals surface area contributed by atoms with Crippen LogP contribution in [0.2, 0.25) is 0 Å². The molecule has 6 nitrogen and oxygen atoms in total. The van der Waals surface area contributed by atoms with E-state index in [0.29, 0.717) is 17.7 Å². The quantitative estimate of drug-likeness (QED) is 0.731. The van der Waals surface area contributed by atoms with Crippen LogP contribution in [0.1, 0.15) is 29.8 Å². The summed E-state index contributed by atoms with van der Waals surface area (Å²) in [7, 11) is 0. The summed E-state index contributed by atoms with van der Waals surface area (Å²) in [6, 6.07) is 4.38. The first-order chi connectivity index (χ1) is 9.58. The van der Waals surface area contributed by atoms with Crippen molar-refractivity contribution in [2.24, 2.45) is 0 Å². The molecule has 0 amide bonds. The summed E-state index contributed by atoms with van der Waals surface area (Å²) in [5.41, 5.74) is 0.925. The Morgan fingerprint density at radius 2 is 1.90 bits per heavy atom. The number of rotatable bonds is 7. The van der Waals surface area contributed by atoms with Crippen LogP contribution >= 0.6 is 0 Å². The molecular formula is C14H19NO5. The van der Waals surface area contributed by atoms with Crippen LogP contribution in [0.3, 0.4) is 0 Å². The SMILES string of the molecule is CCOC(=O)CNCc1cc(O)ccc1C(=O)OCC. The zero-order chi connectivity index (χ0) is 15.0. The maximum Gasteiger partial charge on any atom is 0.338 e. The molecule has 0 aliphatic carbocycles. The lowest BCUT2D eigenvalue weighted by atomic mass is 10.1. The Labute approximate surface area is 117 Å². The van der Waals surface area contributed by atoms with E-state index >= 15 is 0 Å². The molecule has 0 aliphatic heterocycles. The van der Waals surface area contributed by atoms with Crippen LogP contribution in [0.15, 0.2) is 18.2 Å². The highest BCUT2D eigenvalue weighted by molar-refractivity contribution is 5.91. The third kappa shape index (κ3) is 4.89. The van der Waals surface area contributed by atoms with Crippen LogP contribution in [-0.4, -0.2) is 36.8 Å². The van der Waals surface area contributed by atoms with Crippen molar-refractivity contribution in [1.82, 2.24) is 5.32 Å². The summed E-state index contributed by atoms with van der Waals surface area (Å²) in [4.78, 5) is 22.9. The molecule has 0 saturated heterocycles. The van der Waals surface area contributed by atoms with Crippen LogP contribution in [0.5, 0.6) is 5.75 Å². The van der Waals surface area contributed by atoms with Gasteiger partial charge in [-0.15, -0.1) is 0 Å². The number of esters is 2. The lowest BCUT2D eigenvalue weighted by Gasteiger charge is -2.10. The van der Waals surface area contributed by atoms with Crippen molar-refractivity contribution in [2.45, 2.75) is 20.4 Å².